The Bertz CT molecular complexity index is 158. The van der Waals surface area contributed by atoms with Gasteiger partial charge in [0.05, 0.1) is 11.5 Å². The first-order valence-corrected chi connectivity index (χ1v) is 4.91. The molecule has 0 amide bonds. The summed E-state index contributed by atoms with van der Waals surface area (Å²) in [4.78, 5) is 0. The molecule has 0 aromatic heterocycles. The molecule has 0 spiro atoms. The van der Waals surface area contributed by atoms with E-state index in [-0.39, 0.29) is 0 Å². The van der Waals surface area contributed by atoms with Crippen LogP contribution in [0.2, 0.25) is 0 Å². The highest BCUT2D eigenvalue weighted by atomic mass is 32.2. The van der Waals surface area contributed by atoms with E-state index in [9.17, 15) is 8.42 Å². The normalized spacial score (nSPS) is 27.1. The van der Waals surface area contributed by atoms with Gasteiger partial charge in [-0.3, -0.25) is 0 Å². The predicted octanol–water partition coefficient (Wildman–Crippen LogP) is -0.0392. The molecular formula is C4H8O2S2. The van der Waals surface area contributed by atoms with E-state index >= 15 is 0 Å². The van der Waals surface area contributed by atoms with Crippen LogP contribution in [0.4, 0.5) is 0 Å². The molecule has 2 nitrogen and oxygen atoms in total. The molecule has 0 saturated carbocycles. The molecule has 1 fully saturated rings. The van der Waals surface area contributed by atoms with Crippen molar-refractivity contribution in [3.8, 4) is 0 Å². The fourth-order valence-electron chi connectivity index (χ4n) is 0.775. The van der Waals surface area contributed by atoms with Gasteiger partial charge in [-0.05, 0) is 11.7 Å². The number of hydrogen-bond donors (Lipinski definition) is 1. The van der Waals surface area contributed by atoms with Gasteiger partial charge < -0.3 is 0 Å². The zero-order chi connectivity index (χ0) is 6.20. The van der Waals surface area contributed by atoms with Crippen LogP contribution in [0.25, 0.3) is 0 Å². The lowest BCUT2D eigenvalue weighted by Gasteiger charge is -2.23. The van der Waals surface area contributed by atoms with Gasteiger partial charge >= 0.3 is 0 Å². The van der Waals surface area contributed by atoms with E-state index in [0.29, 0.717) is 23.2 Å². The fraction of sp³-hybridized carbons (Fsp3) is 1.00. The van der Waals surface area contributed by atoms with Crippen LogP contribution in [0.5, 0.6) is 0 Å². The van der Waals surface area contributed by atoms with Gasteiger partial charge in [-0.1, -0.05) is 0 Å². The van der Waals surface area contributed by atoms with Gasteiger partial charge in [0.2, 0.25) is 0 Å². The molecule has 0 radical (unpaired) electrons. The third kappa shape index (κ3) is 1.17. The molecule has 1 saturated heterocycles. The minimum absolute atomic E-state index is 0.336. The Morgan fingerprint density at radius 2 is 2.00 bits per heavy atom. The van der Waals surface area contributed by atoms with Gasteiger partial charge in [-0.2, -0.15) is 12.6 Å². The molecule has 0 atom stereocenters. The third-order valence-corrected chi connectivity index (χ3v) is 3.71. The maximum Gasteiger partial charge on any atom is 0.150 e. The molecular weight excluding hydrogens is 144 g/mol. The lowest BCUT2D eigenvalue weighted by atomic mass is 10.2. The first kappa shape index (κ1) is 6.42. The lowest BCUT2D eigenvalue weighted by molar-refractivity contribution is 0.545. The number of sulfone groups is 1. The Morgan fingerprint density at radius 1 is 1.50 bits per heavy atom. The van der Waals surface area contributed by atoms with E-state index in [1.807, 2.05) is 0 Å². The largest absolute Gasteiger partial charge is 0.229 e. The average Bonchev–Trinajstić information content (AvgIpc) is 1.60. The highest BCUT2D eigenvalue weighted by Crippen LogP contribution is 2.18. The summed E-state index contributed by atoms with van der Waals surface area (Å²) in [5, 5.41) is 0. The summed E-state index contributed by atoms with van der Waals surface area (Å²) in [5.41, 5.74) is 0. The van der Waals surface area contributed by atoms with E-state index in [1.54, 1.807) is 0 Å². The van der Waals surface area contributed by atoms with Crippen molar-refractivity contribution in [1.29, 1.82) is 0 Å². The summed E-state index contributed by atoms with van der Waals surface area (Å²) in [6.45, 7) is 0. The summed E-state index contributed by atoms with van der Waals surface area (Å²) in [6, 6.07) is 0. The Morgan fingerprint density at radius 3 is 2.12 bits per heavy atom. The molecule has 0 N–H and O–H groups in total. The molecule has 0 aromatic rings. The van der Waals surface area contributed by atoms with Crippen molar-refractivity contribution in [2.45, 2.75) is 0 Å². The zero-order valence-electron chi connectivity index (χ0n) is 4.37. The third-order valence-electron chi connectivity index (χ3n) is 1.24. The molecule has 1 heterocycles. The topological polar surface area (TPSA) is 34.1 Å². The monoisotopic (exact) mass is 152 g/mol. The van der Waals surface area contributed by atoms with Gasteiger partial charge in [0, 0.05) is 0 Å². The highest BCUT2D eigenvalue weighted by Gasteiger charge is 2.31. The zero-order valence-corrected chi connectivity index (χ0v) is 6.08. The van der Waals surface area contributed by atoms with Crippen molar-refractivity contribution >= 4 is 22.5 Å². The molecule has 48 valence electrons. The maximum atomic E-state index is 10.4. The van der Waals surface area contributed by atoms with E-state index in [2.05, 4.69) is 12.6 Å². The van der Waals surface area contributed by atoms with Crippen LogP contribution in [-0.2, 0) is 9.84 Å². The summed E-state index contributed by atoms with van der Waals surface area (Å²) in [7, 11) is -2.59. The Kier molecular flexibility index (Phi) is 1.54. The highest BCUT2D eigenvalue weighted by molar-refractivity contribution is 7.92. The molecule has 0 bridgehead atoms. The van der Waals surface area contributed by atoms with Gasteiger partial charge in [-0.25, -0.2) is 8.42 Å². The van der Waals surface area contributed by atoms with Crippen molar-refractivity contribution in [3.63, 3.8) is 0 Å². The molecule has 0 unspecified atom stereocenters. The minimum atomic E-state index is -2.59. The molecule has 0 aliphatic carbocycles. The molecule has 1 aliphatic heterocycles. The Labute approximate surface area is 54.6 Å². The standard InChI is InChI=1S/C4H8O2S2/c5-8(6)2-4(1-7)3-8/h4,7H,1-3H2. The van der Waals surface area contributed by atoms with Crippen molar-refractivity contribution in [1.82, 2.24) is 0 Å². The minimum Gasteiger partial charge on any atom is -0.229 e. The summed E-state index contributed by atoms with van der Waals surface area (Å²) in [6.07, 6.45) is 0. The van der Waals surface area contributed by atoms with Crippen LogP contribution in [-0.4, -0.2) is 25.7 Å². The molecule has 1 rings (SSSR count). The smallest absolute Gasteiger partial charge is 0.150 e. The molecule has 4 heteroatoms. The number of rotatable bonds is 1. The maximum absolute atomic E-state index is 10.4. The van der Waals surface area contributed by atoms with E-state index in [1.165, 1.54) is 0 Å². The fourth-order valence-corrected chi connectivity index (χ4v) is 2.96. The SMILES string of the molecule is O=S1(=O)CC(CS)C1. The van der Waals surface area contributed by atoms with Crippen LogP contribution >= 0.6 is 12.6 Å². The second-order valence-corrected chi connectivity index (χ2v) is 4.64. The van der Waals surface area contributed by atoms with Crippen molar-refractivity contribution < 1.29 is 8.42 Å². The molecule has 1 aliphatic rings. The first-order chi connectivity index (χ1) is 3.64. The van der Waals surface area contributed by atoms with Gasteiger partial charge in [0.15, 0.2) is 9.84 Å². The summed E-state index contributed by atoms with van der Waals surface area (Å²) < 4.78 is 20.8. The quantitative estimate of drug-likeness (QED) is 0.535. The second-order valence-electron chi connectivity index (χ2n) is 2.13. The lowest BCUT2D eigenvalue weighted by Crippen LogP contribution is -2.37. The summed E-state index contributed by atoms with van der Waals surface area (Å²) in [5.74, 6) is 1.76. The van der Waals surface area contributed by atoms with Crippen molar-refractivity contribution in [2.24, 2.45) is 5.92 Å². The van der Waals surface area contributed by atoms with E-state index in [4.69, 9.17) is 0 Å². The first-order valence-electron chi connectivity index (χ1n) is 2.45. The van der Waals surface area contributed by atoms with Crippen LogP contribution in [0, 0.1) is 5.92 Å². The Balaban J connectivity index is 2.43. The van der Waals surface area contributed by atoms with E-state index < -0.39 is 9.84 Å². The number of hydrogen-bond acceptors (Lipinski definition) is 3. The van der Waals surface area contributed by atoms with Gasteiger partial charge in [-0.15, -0.1) is 0 Å². The second kappa shape index (κ2) is 1.92. The number of thiol groups is 1. The van der Waals surface area contributed by atoms with Crippen molar-refractivity contribution in [2.75, 3.05) is 17.3 Å². The summed E-state index contributed by atoms with van der Waals surface area (Å²) >= 11 is 3.96. The van der Waals surface area contributed by atoms with Gasteiger partial charge in [0.25, 0.3) is 0 Å². The van der Waals surface area contributed by atoms with Crippen LogP contribution < -0.4 is 0 Å². The van der Waals surface area contributed by atoms with Crippen LogP contribution in [0.3, 0.4) is 0 Å². The average molecular weight is 152 g/mol. The van der Waals surface area contributed by atoms with Crippen molar-refractivity contribution in [3.05, 3.63) is 0 Å². The van der Waals surface area contributed by atoms with Gasteiger partial charge in [0.1, 0.15) is 0 Å². The van der Waals surface area contributed by atoms with E-state index in [0.717, 1.165) is 0 Å². The Hall–Kier alpha value is 0.300. The predicted molar refractivity (Wildman–Crippen MR) is 36.0 cm³/mol. The van der Waals surface area contributed by atoms with Crippen LogP contribution in [0.1, 0.15) is 0 Å². The molecule has 0 aromatic carbocycles. The molecule has 8 heavy (non-hydrogen) atoms. The van der Waals surface area contributed by atoms with Crippen LogP contribution in [0.15, 0.2) is 0 Å².